The molecule has 0 unspecified atom stereocenters. The Morgan fingerprint density at radius 2 is 1.23 bits per heavy atom. The van der Waals surface area contributed by atoms with E-state index in [1.165, 1.54) is 0 Å². The summed E-state index contributed by atoms with van der Waals surface area (Å²) in [7, 11) is -1.52. The minimum atomic E-state index is -1.52. The normalized spacial score (nSPS) is 11.1. The second-order valence-corrected chi connectivity index (χ2v) is 8.44. The van der Waals surface area contributed by atoms with Crippen LogP contribution in [0.25, 0.3) is 33.1 Å². The van der Waals surface area contributed by atoms with Crippen molar-refractivity contribution >= 4 is 51.6 Å². The Bertz CT molecular complexity index is 1630. The molecule has 5 heteroatoms. The number of furan rings is 1. The maximum absolute atomic E-state index is 9.63. The molecule has 0 fully saturated rings. The summed E-state index contributed by atoms with van der Waals surface area (Å²) in [6, 6.07) is 40.1. The predicted molar refractivity (Wildman–Crippen MR) is 144 cm³/mol. The molecule has 0 aliphatic carbocycles. The van der Waals surface area contributed by atoms with Crippen LogP contribution in [0.5, 0.6) is 0 Å². The molecule has 35 heavy (non-hydrogen) atoms. The third-order valence-corrected chi connectivity index (χ3v) is 6.30. The van der Waals surface area contributed by atoms with E-state index < -0.39 is 7.12 Å². The number of hydrogen-bond donors (Lipinski definition) is 2. The van der Waals surface area contributed by atoms with Crippen LogP contribution in [0.15, 0.2) is 126 Å². The van der Waals surface area contributed by atoms with Gasteiger partial charge >= 0.3 is 7.12 Å². The summed E-state index contributed by atoms with van der Waals surface area (Å²) in [5.74, 6) is 0. The lowest BCUT2D eigenvalue weighted by Gasteiger charge is -2.28. The third kappa shape index (κ3) is 3.77. The largest absolute Gasteiger partial charge is 0.488 e. The number of benzene rings is 5. The summed E-state index contributed by atoms with van der Waals surface area (Å²) in [6.07, 6.45) is 0. The molecule has 2 N–H and O–H groups in total. The first-order valence-corrected chi connectivity index (χ1v) is 11.5. The topological polar surface area (TPSA) is 56.8 Å². The molecule has 0 spiro atoms. The van der Waals surface area contributed by atoms with Crippen molar-refractivity contribution in [2.75, 3.05) is 4.90 Å². The first-order chi connectivity index (χ1) is 17.2. The van der Waals surface area contributed by atoms with E-state index in [4.69, 9.17) is 4.42 Å². The molecule has 0 bridgehead atoms. The first kappa shape index (κ1) is 21.2. The molecule has 0 aliphatic heterocycles. The highest BCUT2D eigenvalue weighted by Gasteiger charge is 2.22. The molecular weight excluding hydrogens is 433 g/mol. The van der Waals surface area contributed by atoms with Crippen molar-refractivity contribution in [1.29, 1.82) is 0 Å². The Morgan fingerprint density at radius 3 is 2.03 bits per heavy atom. The number of hydrogen-bond acceptors (Lipinski definition) is 4. The van der Waals surface area contributed by atoms with Gasteiger partial charge in [0.2, 0.25) is 0 Å². The van der Waals surface area contributed by atoms with Crippen molar-refractivity contribution in [3.63, 3.8) is 0 Å². The van der Waals surface area contributed by atoms with Crippen molar-refractivity contribution in [3.05, 3.63) is 121 Å². The quantitative estimate of drug-likeness (QED) is 0.295. The van der Waals surface area contributed by atoms with Crippen LogP contribution in [0, 0.1) is 0 Å². The van der Waals surface area contributed by atoms with Gasteiger partial charge in [0, 0.05) is 22.0 Å². The summed E-state index contributed by atoms with van der Waals surface area (Å²) < 4.78 is 6.39. The van der Waals surface area contributed by atoms with Crippen molar-refractivity contribution in [3.8, 4) is 11.1 Å². The molecule has 0 atom stereocenters. The standard InChI is InChI=1S/C30H22BNO3/c33-31(34)22-17-19-23(20-18-22)32(27-14-6-4-11-24(27)21-9-2-1-3-10-21)28-15-8-13-26-25-12-5-7-16-29(25)35-30(26)28/h1-20,33-34H. The van der Waals surface area contributed by atoms with Gasteiger partial charge in [0.25, 0.3) is 0 Å². The second kappa shape index (κ2) is 8.80. The SMILES string of the molecule is OB(O)c1ccc(N(c2ccccc2-c2ccccc2)c2cccc3c2oc2ccccc23)cc1. The van der Waals surface area contributed by atoms with Crippen LogP contribution in [-0.2, 0) is 0 Å². The van der Waals surface area contributed by atoms with Gasteiger partial charge in [-0.15, -0.1) is 0 Å². The van der Waals surface area contributed by atoms with E-state index in [0.29, 0.717) is 5.46 Å². The first-order valence-electron chi connectivity index (χ1n) is 11.5. The van der Waals surface area contributed by atoms with E-state index in [1.807, 2.05) is 66.7 Å². The highest BCUT2D eigenvalue weighted by molar-refractivity contribution is 6.58. The number of nitrogens with zero attached hydrogens (tertiary/aromatic N) is 1. The second-order valence-electron chi connectivity index (χ2n) is 8.44. The van der Waals surface area contributed by atoms with E-state index in [-0.39, 0.29) is 0 Å². The van der Waals surface area contributed by atoms with Crippen molar-refractivity contribution in [2.24, 2.45) is 0 Å². The number of anilines is 3. The van der Waals surface area contributed by atoms with Gasteiger partial charge in [0.15, 0.2) is 5.58 Å². The van der Waals surface area contributed by atoms with E-state index >= 15 is 0 Å². The monoisotopic (exact) mass is 455 g/mol. The molecule has 0 aliphatic rings. The maximum Gasteiger partial charge on any atom is 0.488 e. The molecule has 0 radical (unpaired) electrons. The van der Waals surface area contributed by atoms with Gasteiger partial charge in [0.1, 0.15) is 5.58 Å². The minimum absolute atomic E-state index is 0.437. The lowest BCUT2D eigenvalue weighted by Crippen LogP contribution is -2.29. The van der Waals surface area contributed by atoms with Gasteiger partial charge in [-0.1, -0.05) is 91.0 Å². The van der Waals surface area contributed by atoms with Crippen LogP contribution in [0.1, 0.15) is 0 Å². The smallest absolute Gasteiger partial charge is 0.454 e. The molecule has 6 aromatic rings. The van der Waals surface area contributed by atoms with Crippen LogP contribution < -0.4 is 10.4 Å². The molecule has 5 aromatic carbocycles. The van der Waals surface area contributed by atoms with E-state index in [0.717, 1.165) is 50.1 Å². The lowest BCUT2D eigenvalue weighted by molar-refractivity contribution is 0.426. The molecule has 168 valence electrons. The molecular formula is C30H22BNO3. The van der Waals surface area contributed by atoms with Crippen molar-refractivity contribution < 1.29 is 14.5 Å². The summed E-state index contributed by atoms with van der Waals surface area (Å²) in [6.45, 7) is 0. The van der Waals surface area contributed by atoms with E-state index in [1.54, 1.807) is 12.1 Å². The zero-order chi connectivity index (χ0) is 23.8. The Hall–Kier alpha value is -4.32. The fourth-order valence-electron chi connectivity index (χ4n) is 4.64. The van der Waals surface area contributed by atoms with E-state index in [2.05, 4.69) is 47.4 Å². The minimum Gasteiger partial charge on any atom is -0.454 e. The zero-order valence-corrected chi connectivity index (χ0v) is 18.9. The maximum atomic E-state index is 9.63. The predicted octanol–water partition coefficient (Wildman–Crippen LogP) is 6.40. The molecule has 4 nitrogen and oxygen atoms in total. The van der Waals surface area contributed by atoms with Crippen molar-refractivity contribution in [1.82, 2.24) is 0 Å². The zero-order valence-electron chi connectivity index (χ0n) is 18.9. The summed E-state index contributed by atoms with van der Waals surface area (Å²) in [5.41, 5.74) is 7.02. The van der Waals surface area contributed by atoms with Gasteiger partial charge in [-0.2, -0.15) is 0 Å². The summed E-state index contributed by atoms with van der Waals surface area (Å²) in [5, 5.41) is 21.4. The molecule has 6 rings (SSSR count). The van der Waals surface area contributed by atoms with Gasteiger partial charge in [-0.3, -0.25) is 0 Å². The Balaban J connectivity index is 1.64. The van der Waals surface area contributed by atoms with Gasteiger partial charge in [-0.25, -0.2) is 0 Å². The number of fused-ring (bicyclic) bond motifs is 3. The molecule has 0 saturated heterocycles. The number of rotatable bonds is 5. The van der Waals surface area contributed by atoms with Gasteiger partial charge in [0.05, 0.1) is 11.4 Å². The Labute approximate surface area is 203 Å². The molecule has 0 amide bonds. The summed E-state index contributed by atoms with van der Waals surface area (Å²) in [4.78, 5) is 2.17. The average Bonchev–Trinajstić information content (AvgIpc) is 3.30. The van der Waals surface area contributed by atoms with Gasteiger partial charge < -0.3 is 19.4 Å². The van der Waals surface area contributed by atoms with Crippen LogP contribution >= 0.6 is 0 Å². The average molecular weight is 455 g/mol. The molecule has 1 heterocycles. The van der Waals surface area contributed by atoms with Gasteiger partial charge in [-0.05, 0) is 41.4 Å². The Morgan fingerprint density at radius 1 is 0.571 bits per heavy atom. The number of para-hydroxylation sites is 3. The Kier molecular flexibility index (Phi) is 5.34. The fourth-order valence-corrected chi connectivity index (χ4v) is 4.64. The third-order valence-electron chi connectivity index (χ3n) is 6.30. The summed E-state index contributed by atoms with van der Waals surface area (Å²) >= 11 is 0. The molecule has 0 saturated carbocycles. The van der Waals surface area contributed by atoms with Crippen LogP contribution in [0.2, 0.25) is 0 Å². The fraction of sp³-hybridized carbons (Fsp3) is 0. The van der Waals surface area contributed by atoms with Crippen LogP contribution in [-0.4, -0.2) is 17.2 Å². The molecule has 1 aromatic heterocycles. The highest BCUT2D eigenvalue weighted by atomic mass is 16.4. The van der Waals surface area contributed by atoms with E-state index in [9.17, 15) is 10.0 Å². The van der Waals surface area contributed by atoms with Crippen LogP contribution in [0.4, 0.5) is 17.1 Å². The van der Waals surface area contributed by atoms with Crippen LogP contribution in [0.3, 0.4) is 0 Å². The highest BCUT2D eigenvalue weighted by Crippen LogP contribution is 2.44. The lowest BCUT2D eigenvalue weighted by atomic mass is 9.80. The van der Waals surface area contributed by atoms with Crippen molar-refractivity contribution in [2.45, 2.75) is 0 Å².